The summed E-state index contributed by atoms with van der Waals surface area (Å²) in [5, 5.41) is 11.9. The van der Waals surface area contributed by atoms with Gasteiger partial charge in [-0.25, -0.2) is 9.59 Å². The van der Waals surface area contributed by atoms with Crippen LogP contribution in [-0.2, 0) is 19.1 Å². The number of likely N-dealkylation sites (tertiary alicyclic amines) is 1. The molecule has 2 atom stereocenters. The number of ether oxygens (including phenoxy) is 2. The van der Waals surface area contributed by atoms with Crippen LogP contribution in [0, 0.1) is 0 Å². The number of carboxylic acids is 1. The van der Waals surface area contributed by atoms with Crippen molar-refractivity contribution in [2.75, 3.05) is 26.9 Å². The first kappa shape index (κ1) is 21.8. The number of carboxylic acid groups (broad SMARTS) is 1. The van der Waals surface area contributed by atoms with Gasteiger partial charge < -0.3 is 24.8 Å². The number of carbonyl (C=O) groups excluding carboxylic acids is 2. The van der Waals surface area contributed by atoms with Gasteiger partial charge in [0.1, 0.15) is 18.7 Å². The van der Waals surface area contributed by atoms with Gasteiger partial charge in [0.25, 0.3) is 0 Å². The van der Waals surface area contributed by atoms with Crippen molar-refractivity contribution in [2.45, 2.75) is 30.8 Å². The molecule has 8 nitrogen and oxygen atoms in total. The highest BCUT2D eigenvalue weighted by atomic mass is 16.5. The molecule has 168 valence electrons. The molecule has 4 rings (SSSR count). The molecule has 0 spiro atoms. The van der Waals surface area contributed by atoms with Gasteiger partial charge in [-0.3, -0.25) is 4.79 Å². The Morgan fingerprint density at radius 2 is 1.72 bits per heavy atom. The van der Waals surface area contributed by atoms with Crippen LogP contribution in [0.15, 0.2) is 48.5 Å². The zero-order valence-corrected chi connectivity index (χ0v) is 17.8. The third-order valence-corrected chi connectivity index (χ3v) is 6.09. The number of hydrogen-bond donors (Lipinski definition) is 2. The molecular weight excluding hydrogens is 412 g/mol. The normalized spacial score (nSPS) is 18.0. The molecule has 2 aliphatic rings. The van der Waals surface area contributed by atoms with E-state index in [-0.39, 0.29) is 19.1 Å². The molecular formula is C24H26N2O6. The van der Waals surface area contributed by atoms with Gasteiger partial charge in [0, 0.05) is 19.6 Å². The van der Waals surface area contributed by atoms with Crippen molar-refractivity contribution in [2.24, 2.45) is 0 Å². The second-order valence-electron chi connectivity index (χ2n) is 8.01. The van der Waals surface area contributed by atoms with Crippen molar-refractivity contribution >= 4 is 18.0 Å². The standard InChI is InChI=1S/C24H26N2O6/c1-31-14-20(22(27)26-12-6-11-21(26)23(28)29)25-24(30)32-13-19-17-9-4-2-7-15(17)16-8-3-5-10-18(16)19/h2-5,7-10,19-21H,6,11-14H2,1H3,(H,25,30)(H,28,29)/t20-,21+/m0/s1. The van der Waals surface area contributed by atoms with Crippen LogP contribution in [0.1, 0.15) is 29.9 Å². The average Bonchev–Trinajstić information content (AvgIpc) is 3.40. The number of hydrogen-bond acceptors (Lipinski definition) is 5. The maximum atomic E-state index is 12.9. The lowest BCUT2D eigenvalue weighted by molar-refractivity contribution is -0.149. The van der Waals surface area contributed by atoms with Crippen LogP contribution in [0.25, 0.3) is 11.1 Å². The highest BCUT2D eigenvalue weighted by Crippen LogP contribution is 2.44. The fourth-order valence-electron chi connectivity index (χ4n) is 4.61. The van der Waals surface area contributed by atoms with Crippen LogP contribution in [0.3, 0.4) is 0 Å². The lowest BCUT2D eigenvalue weighted by Crippen LogP contribution is -2.53. The van der Waals surface area contributed by atoms with Crippen LogP contribution in [0.2, 0.25) is 0 Å². The average molecular weight is 438 g/mol. The van der Waals surface area contributed by atoms with E-state index in [2.05, 4.69) is 17.4 Å². The maximum absolute atomic E-state index is 12.9. The Balaban J connectivity index is 1.42. The number of amides is 2. The van der Waals surface area contributed by atoms with Crippen LogP contribution in [0.4, 0.5) is 4.79 Å². The van der Waals surface area contributed by atoms with Gasteiger partial charge in [0.05, 0.1) is 6.61 Å². The van der Waals surface area contributed by atoms with Crippen molar-refractivity contribution in [1.82, 2.24) is 10.2 Å². The number of benzene rings is 2. The molecule has 8 heteroatoms. The van der Waals surface area contributed by atoms with E-state index in [0.717, 1.165) is 22.3 Å². The van der Waals surface area contributed by atoms with E-state index < -0.39 is 30.1 Å². The summed E-state index contributed by atoms with van der Waals surface area (Å²) in [4.78, 5) is 38.2. The van der Waals surface area contributed by atoms with E-state index in [4.69, 9.17) is 9.47 Å². The summed E-state index contributed by atoms with van der Waals surface area (Å²) < 4.78 is 10.6. The van der Waals surface area contributed by atoms with Crippen LogP contribution >= 0.6 is 0 Å². The third kappa shape index (κ3) is 4.18. The van der Waals surface area contributed by atoms with Crippen LogP contribution in [-0.4, -0.2) is 66.9 Å². The first-order valence-corrected chi connectivity index (χ1v) is 10.6. The fraction of sp³-hybridized carbons (Fsp3) is 0.375. The van der Waals surface area contributed by atoms with E-state index in [9.17, 15) is 19.5 Å². The Bertz CT molecular complexity index is 978. The molecule has 0 bridgehead atoms. The minimum absolute atomic E-state index is 0.0775. The Morgan fingerprint density at radius 3 is 2.31 bits per heavy atom. The molecule has 2 amide bonds. The van der Waals surface area contributed by atoms with Crippen molar-refractivity contribution in [3.05, 3.63) is 59.7 Å². The Labute approximate surface area is 186 Å². The van der Waals surface area contributed by atoms with Crippen molar-refractivity contribution < 1.29 is 29.0 Å². The van der Waals surface area contributed by atoms with Crippen molar-refractivity contribution in [1.29, 1.82) is 0 Å². The first-order valence-electron chi connectivity index (χ1n) is 10.6. The summed E-state index contributed by atoms with van der Waals surface area (Å²) >= 11 is 0. The second-order valence-corrected chi connectivity index (χ2v) is 8.01. The zero-order chi connectivity index (χ0) is 22.7. The molecule has 1 fully saturated rings. The van der Waals surface area contributed by atoms with Gasteiger partial charge in [0.2, 0.25) is 5.91 Å². The van der Waals surface area contributed by atoms with Gasteiger partial charge in [-0.05, 0) is 35.1 Å². The van der Waals surface area contributed by atoms with Gasteiger partial charge in [-0.1, -0.05) is 48.5 Å². The zero-order valence-electron chi connectivity index (χ0n) is 17.8. The van der Waals surface area contributed by atoms with Gasteiger partial charge >= 0.3 is 12.1 Å². The monoisotopic (exact) mass is 438 g/mol. The SMILES string of the molecule is COC[C@H](NC(=O)OCC1c2ccccc2-c2ccccc21)C(=O)N1CCC[C@@H]1C(=O)O. The molecule has 0 saturated carbocycles. The predicted octanol–water partition coefficient (Wildman–Crippen LogP) is 2.62. The predicted molar refractivity (Wildman–Crippen MR) is 116 cm³/mol. The minimum Gasteiger partial charge on any atom is -0.480 e. The smallest absolute Gasteiger partial charge is 0.407 e. The lowest BCUT2D eigenvalue weighted by Gasteiger charge is -2.27. The number of carbonyl (C=O) groups is 3. The van der Waals surface area contributed by atoms with E-state index in [1.54, 1.807) is 0 Å². The molecule has 2 aromatic rings. The summed E-state index contributed by atoms with van der Waals surface area (Å²) in [6, 6.07) is 14.1. The Kier molecular flexibility index (Phi) is 6.41. The van der Waals surface area contributed by atoms with E-state index >= 15 is 0 Å². The molecule has 2 aromatic carbocycles. The lowest BCUT2D eigenvalue weighted by atomic mass is 9.98. The molecule has 1 saturated heterocycles. The fourth-order valence-corrected chi connectivity index (χ4v) is 4.61. The molecule has 0 aromatic heterocycles. The number of nitrogens with zero attached hydrogens (tertiary/aromatic N) is 1. The maximum Gasteiger partial charge on any atom is 0.407 e. The van der Waals surface area contributed by atoms with Gasteiger partial charge in [-0.2, -0.15) is 0 Å². The van der Waals surface area contributed by atoms with E-state index in [1.165, 1.54) is 12.0 Å². The van der Waals surface area contributed by atoms with E-state index in [0.29, 0.717) is 19.4 Å². The topological polar surface area (TPSA) is 105 Å². The molecule has 0 radical (unpaired) electrons. The summed E-state index contributed by atoms with van der Waals surface area (Å²) in [6.45, 7) is 0.378. The molecule has 1 heterocycles. The number of alkyl carbamates (subject to hydrolysis) is 1. The number of nitrogens with one attached hydrogen (secondary N) is 1. The molecule has 2 N–H and O–H groups in total. The van der Waals surface area contributed by atoms with Gasteiger partial charge in [0.15, 0.2) is 0 Å². The van der Waals surface area contributed by atoms with Crippen molar-refractivity contribution in [3.8, 4) is 11.1 Å². The van der Waals surface area contributed by atoms with E-state index in [1.807, 2.05) is 36.4 Å². The number of aliphatic carboxylic acids is 1. The summed E-state index contributed by atoms with van der Waals surface area (Å²) in [7, 11) is 1.42. The number of rotatable bonds is 7. The van der Waals surface area contributed by atoms with Gasteiger partial charge in [-0.15, -0.1) is 0 Å². The second kappa shape index (κ2) is 9.40. The quantitative estimate of drug-likeness (QED) is 0.689. The summed E-state index contributed by atoms with van der Waals surface area (Å²) in [6.07, 6.45) is 0.257. The molecule has 1 aliphatic carbocycles. The Morgan fingerprint density at radius 1 is 1.09 bits per heavy atom. The summed E-state index contributed by atoms with van der Waals surface area (Å²) in [5.41, 5.74) is 4.43. The van der Waals surface area contributed by atoms with Crippen LogP contribution in [0.5, 0.6) is 0 Å². The highest BCUT2D eigenvalue weighted by molar-refractivity contribution is 5.90. The minimum atomic E-state index is -1.05. The number of methoxy groups -OCH3 is 1. The Hall–Kier alpha value is -3.39. The largest absolute Gasteiger partial charge is 0.480 e. The first-order chi connectivity index (χ1) is 15.5. The third-order valence-electron chi connectivity index (χ3n) is 6.09. The molecule has 1 aliphatic heterocycles. The summed E-state index contributed by atoms with van der Waals surface area (Å²) in [5.74, 6) is -1.63. The highest BCUT2D eigenvalue weighted by Gasteiger charge is 2.38. The number of fused-ring (bicyclic) bond motifs is 3. The molecule has 32 heavy (non-hydrogen) atoms. The molecule has 0 unspecified atom stereocenters. The van der Waals surface area contributed by atoms with Crippen LogP contribution < -0.4 is 5.32 Å². The van der Waals surface area contributed by atoms with Crippen molar-refractivity contribution in [3.63, 3.8) is 0 Å².